The number of aromatic nitrogens is 1. The fraction of sp³-hybridized carbons (Fsp3) is 0.312. The van der Waals surface area contributed by atoms with E-state index in [9.17, 15) is 31.5 Å². The van der Waals surface area contributed by atoms with Gasteiger partial charge in [0.1, 0.15) is 18.2 Å². The summed E-state index contributed by atoms with van der Waals surface area (Å²) >= 11 is 0. The Labute approximate surface area is 149 Å². The fourth-order valence-corrected chi connectivity index (χ4v) is 1.95. The van der Waals surface area contributed by atoms with Gasteiger partial charge in [-0.3, -0.25) is 9.59 Å². The smallest absolute Gasteiger partial charge is 0.405 e. The summed E-state index contributed by atoms with van der Waals surface area (Å²) in [7, 11) is 0. The van der Waals surface area contributed by atoms with Crippen molar-refractivity contribution in [3.8, 4) is 11.3 Å². The molecule has 146 valence electrons. The number of halogens is 5. The minimum atomic E-state index is -4.57. The van der Waals surface area contributed by atoms with Crippen LogP contribution in [0.3, 0.4) is 0 Å². The maximum atomic E-state index is 13.7. The Kier molecular flexibility index (Phi) is 6.48. The summed E-state index contributed by atoms with van der Waals surface area (Å²) in [5.41, 5.74) is -0.403. The van der Waals surface area contributed by atoms with Gasteiger partial charge in [-0.1, -0.05) is 6.07 Å². The molecule has 6 nitrogen and oxygen atoms in total. The van der Waals surface area contributed by atoms with Gasteiger partial charge >= 0.3 is 12.1 Å². The van der Waals surface area contributed by atoms with Gasteiger partial charge in [-0.15, -0.1) is 0 Å². The van der Waals surface area contributed by atoms with Crippen LogP contribution in [0.1, 0.15) is 12.3 Å². The Morgan fingerprint density at radius 3 is 2.48 bits per heavy atom. The largest absolute Gasteiger partial charge is 0.456 e. The number of nitrogens with zero attached hydrogens (tertiary/aromatic N) is 1. The molecule has 0 fully saturated rings. The molecular formula is C16H13F5N2O4. The van der Waals surface area contributed by atoms with E-state index in [1.165, 1.54) is 6.07 Å². The number of aryl methyl sites for hydroxylation is 1. The van der Waals surface area contributed by atoms with Crippen molar-refractivity contribution in [1.82, 2.24) is 10.3 Å². The first-order valence-corrected chi connectivity index (χ1v) is 7.54. The predicted octanol–water partition coefficient (Wildman–Crippen LogP) is 2.77. The molecule has 0 aliphatic carbocycles. The summed E-state index contributed by atoms with van der Waals surface area (Å²) in [6.07, 6.45) is -3.88. The van der Waals surface area contributed by atoms with Crippen LogP contribution in [0, 0.1) is 11.6 Å². The lowest BCUT2D eigenvalue weighted by atomic mass is 10.1. The monoisotopic (exact) mass is 392 g/mol. The number of rotatable bonds is 7. The van der Waals surface area contributed by atoms with Crippen LogP contribution in [-0.2, 0) is 20.7 Å². The van der Waals surface area contributed by atoms with Crippen LogP contribution in [-0.4, -0.2) is 36.2 Å². The molecular weight excluding hydrogens is 379 g/mol. The molecule has 2 rings (SSSR count). The summed E-state index contributed by atoms with van der Waals surface area (Å²) in [6.45, 7) is -2.40. The summed E-state index contributed by atoms with van der Waals surface area (Å²) in [5.74, 6) is -3.85. The molecule has 0 unspecified atom stereocenters. The van der Waals surface area contributed by atoms with Crippen molar-refractivity contribution in [1.29, 1.82) is 0 Å². The average molecular weight is 392 g/mol. The molecule has 1 aromatic carbocycles. The van der Waals surface area contributed by atoms with E-state index in [0.717, 1.165) is 18.3 Å². The van der Waals surface area contributed by atoms with Gasteiger partial charge in [-0.05, 0) is 12.1 Å². The molecule has 0 atom stereocenters. The lowest BCUT2D eigenvalue weighted by Gasteiger charge is -2.08. The number of benzene rings is 1. The van der Waals surface area contributed by atoms with Crippen molar-refractivity contribution in [2.75, 3.05) is 13.2 Å². The highest BCUT2D eigenvalue weighted by Gasteiger charge is 2.27. The Hall–Kier alpha value is -2.98. The zero-order valence-corrected chi connectivity index (χ0v) is 13.6. The molecule has 1 aromatic heterocycles. The van der Waals surface area contributed by atoms with E-state index in [0.29, 0.717) is 0 Å². The van der Waals surface area contributed by atoms with Gasteiger partial charge in [0.2, 0.25) is 0 Å². The van der Waals surface area contributed by atoms with Crippen LogP contribution in [0.25, 0.3) is 11.3 Å². The topological polar surface area (TPSA) is 81.4 Å². The lowest BCUT2D eigenvalue weighted by Crippen LogP contribution is -2.36. The van der Waals surface area contributed by atoms with Gasteiger partial charge in [0.15, 0.2) is 18.3 Å². The predicted molar refractivity (Wildman–Crippen MR) is 80.2 cm³/mol. The third-order valence-electron chi connectivity index (χ3n) is 3.16. The van der Waals surface area contributed by atoms with Gasteiger partial charge in [-0.25, -0.2) is 13.8 Å². The number of alkyl halides is 3. The van der Waals surface area contributed by atoms with E-state index in [1.54, 1.807) is 5.32 Å². The van der Waals surface area contributed by atoms with E-state index in [1.807, 2.05) is 0 Å². The van der Waals surface area contributed by atoms with Crippen molar-refractivity contribution in [3.05, 3.63) is 41.9 Å². The van der Waals surface area contributed by atoms with E-state index >= 15 is 0 Å². The van der Waals surface area contributed by atoms with Crippen molar-refractivity contribution in [3.63, 3.8) is 0 Å². The summed E-state index contributed by atoms with van der Waals surface area (Å²) < 4.78 is 72.7. The first-order chi connectivity index (χ1) is 12.7. The van der Waals surface area contributed by atoms with Crippen LogP contribution in [0.15, 0.2) is 28.8 Å². The van der Waals surface area contributed by atoms with Crippen molar-refractivity contribution < 1.29 is 40.7 Å². The SMILES string of the molecule is O=C(COC(=O)CCc1ncc(-c2c(F)cccc2F)o1)NCC(F)(F)F. The Bertz CT molecular complexity index is 799. The Morgan fingerprint density at radius 2 is 1.85 bits per heavy atom. The highest BCUT2D eigenvalue weighted by molar-refractivity contribution is 5.80. The normalized spacial score (nSPS) is 11.3. The maximum absolute atomic E-state index is 13.7. The average Bonchev–Trinajstić information content (AvgIpc) is 3.04. The fourth-order valence-electron chi connectivity index (χ4n) is 1.95. The lowest BCUT2D eigenvalue weighted by molar-refractivity contribution is -0.151. The Morgan fingerprint density at radius 1 is 1.19 bits per heavy atom. The third-order valence-corrected chi connectivity index (χ3v) is 3.16. The van der Waals surface area contributed by atoms with Crippen LogP contribution in [0.5, 0.6) is 0 Å². The number of carbonyl (C=O) groups is 2. The second kappa shape index (κ2) is 8.60. The van der Waals surface area contributed by atoms with E-state index < -0.39 is 48.4 Å². The van der Waals surface area contributed by atoms with Gasteiger partial charge in [-0.2, -0.15) is 13.2 Å². The van der Waals surface area contributed by atoms with Gasteiger partial charge in [0, 0.05) is 6.42 Å². The minimum absolute atomic E-state index is 0.00822. The highest BCUT2D eigenvalue weighted by atomic mass is 19.4. The first kappa shape index (κ1) is 20.3. The maximum Gasteiger partial charge on any atom is 0.405 e. The van der Waals surface area contributed by atoms with Crippen LogP contribution >= 0.6 is 0 Å². The molecule has 1 N–H and O–H groups in total. The van der Waals surface area contributed by atoms with Crippen LogP contribution < -0.4 is 5.32 Å². The molecule has 0 radical (unpaired) electrons. The van der Waals surface area contributed by atoms with Crippen molar-refractivity contribution >= 4 is 11.9 Å². The van der Waals surface area contributed by atoms with Crippen LogP contribution in [0.2, 0.25) is 0 Å². The van der Waals surface area contributed by atoms with E-state index in [-0.39, 0.29) is 24.5 Å². The minimum Gasteiger partial charge on any atom is -0.456 e. The molecule has 0 bridgehead atoms. The summed E-state index contributed by atoms with van der Waals surface area (Å²) in [5, 5.41) is 1.54. The zero-order valence-electron chi connectivity index (χ0n) is 13.6. The second-order valence-corrected chi connectivity index (χ2v) is 5.27. The zero-order chi connectivity index (χ0) is 20.0. The number of amides is 1. The molecule has 2 aromatic rings. The van der Waals surface area contributed by atoms with Crippen molar-refractivity contribution in [2.24, 2.45) is 0 Å². The number of carbonyl (C=O) groups excluding carboxylic acids is 2. The number of nitrogens with one attached hydrogen (secondary N) is 1. The molecule has 11 heteroatoms. The molecule has 0 aliphatic heterocycles. The second-order valence-electron chi connectivity index (χ2n) is 5.27. The van der Waals surface area contributed by atoms with Crippen molar-refractivity contribution in [2.45, 2.75) is 19.0 Å². The summed E-state index contributed by atoms with van der Waals surface area (Å²) in [6, 6.07) is 3.27. The standard InChI is InChI=1S/C16H13F5N2O4/c17-9-2-1-3-10(18)15(9)11-6-22-13(27-11)4-5-14(25)26-7-12(24)23-8-16(19,20)21/h1-3,6H,4-5,7-8H2,(H,23,24). The quantitative estimate of drug-likeness (QED) is 0.579. The molecule has 1 amide bonds. The number of hydrogen-bond acceptors (Lipinski definition) is 5. The van der Waals surface area contributed by atoms with Gasteiger partial charge in [0.05, 0.1) is 18.2 Å². The molecule has 0 saturated heterocycles. The molecule has 0 saturated carbocycles. The van der Waals surface area contributed by atoms with Crippen LogP contribution in [0.4, 0.5) is 22.0 Å². The van der Waals surface area contributed by atoms with Gasteiger partial charge in [0.25, 0.3) is 5.91 Å². The molecule has 0 aliphatic rings. The van der Waals surface area contributed by atoms with Gasteiger partial charge < -0.3 is 14.5 Å². The Balaban J connectivity index is 1.81. The number of oxazole rings is 1. The number of ether oxygens (including phenoxy) is 1. The van der Waals surface area contributed by atoms with E-state index in [4.69, 9.17) is 4.42 Å². The highest BCUT2D eigenvalue weighted by Crippen LogP contribution is 2.26. The first-order valence-electron chi connectivity index (χ1n) is 7.54. The van der Waals surface area contributed by atoms with E-state index in [2.05, 4.69) is 9.72 Å². The number of hydrogen-bond donors (Lipinski definition) is 1. The molecule has 0 spiro atoms. The third kappa shape index (κ3) is 6.35. The summed E-state index contributed by atoms with van der Waals surface area (Å²) in [4.78, 5) is 26.4. The number of esters is 1. The molecule has 1 heterocycles. The molecule has 27 heavy (non-hydrogen) atoms.